The third-order valence-electron chi connectivity index (χ3n) is 4.91. The predicted molar refractivity (Wildman–Crippen MR) is 124 cm³/mol. The third kappa shape index (κ3) is 5.12. The minimum Gasteiger partial charge on any atom is -0.454 e. The Kier molecular flexibility index (Phi) is 6.50. The van der Waals surface area contributed by atoms with Gasteiger partial charge in [0.2, 0.25) is 22.7 Å². The van der Waals surface area contributed by atoms with Crippen LogP contribution >= 0.6 is 15.9 Å². The number of fused-ring (bicyclic) bond motifs is 1. The molecule has 0 saturated heterocycles. The largest absolute Gasteiger partial charge is 0.454 e. The molecule has 1 aliphatic rings. The fourth-order valence-corrected chi connectivity index (χ4v) is 4.86. The van der Waals surface area contributed by atoms with Gasteiger partial charge in [0, 0.05) is 22.8 Å². The van der Waals surface area contributed by atoms with Crippen molar-refractivity contribution >= 4 is 37.5 Å². The number of carbonyl (C=O) groups excluding carboxylic acids is 1. The standard InChI is InChI=1S/C23H21BrN2O5S/c1-16-2-9-20(10-3-16)32(28,29)26(13-17-4-6-18(24)7-5-17)14-23(27)25-19-8-11-21-22(12-19)31-15-30-21/h2-12H,13-15H2,1H3,(H,25,27). The van der Waals surface area contributed by atoms with Crippen LogP contribution < -0.4 is 14.8 Å². The van der Waals surface area contributed by atoms with Crippen LogP contribution in [0.4, 0.5) is 5.69 Å². The van der Waals surface area contributed by atoms with E-state index in [1.165, 1.54) is 4.31 Å². The van der Waals surface area contributed by atoms with Crippen LogP contribution in [0.2, 0.25) is 0 Å². The van der Waals surface area contributed by atoms with Crippen LogP contribution in [0.15, 0.2) is 76.1 Å². The van der Waals surface area contributed by atoms with E-state index in [4.69, 9.17) is 9.47 Å². The molecule has 0 spiro atoms. The van der Waals surface area contributed by atoms with Gasteiger partial charge in [-0.25, -0.2) is 8.42 Å². The second kappa shape index (κ2) is 9.32. The highest BCUT2D eigenvalue weighted by Crippen LogP contribution is 2.34. The summed E-state index contributed by atoms with van der Waals surface area (Å²) in [6.45, 7) is 1.72. The van der Waals surface area contributed by atoms with E-state index in [0.717, 1.165) is 15.6 Å². The molecule has 1 N–H and O–H groups in total. The molecule has 3 aromatic carbocycles. The zero-order valence-corrected chi connectivity index (χ0v) is 19.6. The Morgan fingerprint density at radius 3 is 2.41 bits per heavy atom. The molecule has 1 amide bonds. The van der Waals surface area contributed by atoms with Gasteiger partial charge in [0.25, 0.3) is 0 Å². The number of aryl methyl sites for hydroxylation is 1. The number of nitrogens with one attached hydrogen (secondary N) is 1. The summed E-state index contributed by atoms with van der Waals surface area (Å²) in [6, 6.07) is 18.9. The molecule has 166 valence electrons. The van der Waals surface area contributed by atoms with Crippen LogP contribution in [-0.2, 0) is 21.4 Å². The molecule has 4 rings (SSSR count). The maximum Gasteiger partial charge on any atom is 0.243 e. The van der Waals surface area contributed by atoms with Crippen molar-refractivity contribution in [1.29, 1.82) is 0 Å². The van der Waals surface area contributed by atoms with Gasteiger partial charge in [0.15, 0.2) is 11.5 Å². The summed E-state index contributed by atoms with van der Waals surface area (Å²) in [5, 5.41) is 2.74. The number of benzene rings is 3. The van der Waals surface area contributed by atoms with Crippen molar-refractivity contribution < 1.29 is 22.7 Å². The fraction of sp³-hybridized carbons (Fsp3) is 0.174. The molecule has 0 unspecified atom stereocenters. The van der Waals surface area contributed by atoms with Crippen molar-refractivity contribution in [1.82, 2.24) is 4.31 Å². The monoisotopic (exact) mass is 516 g/mol. The molecule has 0 saturated carbocycles. The molecule has 0 bridgehead atoms. The second-order valence-corrected chi connectivity index (χ2v) is 10.2. The molecule has 0 radical (unpaired) electrons. The number of halogens is 1. The van der Waals surface area contributed by atoms with Crippen LogP contribution in [0, 0.1) is 6.92 Å². The summed E-state index contributed by atoms with van der Waals surface area (Å²) in [5.74, 6) is 0.667. The molecule has 0 fully saturated rings. The Balaban J connectivity index is 1.57. The van der Waals surface area contributed by atoms with Gasteiger partial charge in [0.05, 0.1) is 11.4 Å². The minimum atomic E-state index is -3.91. The van der Waals surface area contributed by atoms with Gasteiger partial charge >= 0.3 is 0 Å². The number of amides is 1. The summed E-state index contributed by atoms with van der Waals surface area (Å²) in [6.07, 6.45) is 0. The molecular formula is C23H21BrN2O5S. The Morgan fingerprint density at radius 1 is 1.00 bits per heavy atom. The van der Waals surface area contributed by atoms with Crippen molar-refractivity contribution in [3.05, 3.63) is 82.3 Å². The van der Waals surface area contributed by atoms with Gasteiger partial charge in [-0.3, -0.25) is 4.79 Å². The molecule has 0 aliphatic carbocycles. The van der Waals surface area contributed by atoms with E-state index < -0.39 is 15.9 Å². The maximum atomic E-state index is 13.4. The third-order valence-corrected chi connectivity index (χ3v) is 7.24. The van der Waals surface area contributed by atoms with Crippen molar-refractivity contribution in [2.45, 2.75) is 18.4 Å². The highest BCUT2D eigenvalue weighted by atomic mass is 79.9. The quantitative estimate of drug-likeness (QED) is 0.505. The van der Waals surface area contributed by atoms with Crippen LogP contribution in [0.3, 0.4) is 0 Å². The first-order valence-electron chi connectivity index (χ1n) is 9.82. The van der Waals surface area contributed by atoms with Crippen LogP contribution in [-0.4, -0.2) is 32.0 Å². The first-order valence-corrected chi connectivity index (χ1v) is 12.1. The van der Waals surface area contributed by atoms with Gasteiger partial charge in [-0.2, -0.15) is 4.31 Å². The summed E-state index contributed by atoms with van der Waals surface area (Å²) in [7, 11) is -3.91. The lowest BCUT2D eigenvalue weighted by Gasteiger charge is -2.22. The lowest BCUT2D eigenvalue weighted by molar-refractivity contribution is -0.116. The van der Waals surface area contributed by atoms with Crippen LogP contribution in [0.25, 0.3) is 0 Å². The number of sulfonamides is 1. The number of anilines is 1. The number of hydrogen-bond donors (Lipinski definition) is 1. The Bertz CT molecular complexity index is 1230. The van der Waals surface area contributed by atoms with Gasteiger partial charge in [-0.1, -0.05) is 45.8 Å². The minimum absolute atomic E-state index is 0.0536. The topological polar surface area (TPSA) is 84.9 Å². The fourth-order valence-electron chi connectivity index (χ4n) is 3.21. The number of ether oxygens (including phenoxy) is 2. The normalized spacial score (nSPS) is 12.7. The number of hydrogen-bond acceptors (Lipinski definition) is 5. The van der Waals surface area contributed by atoms with E-state index in [9.17, 15) is 13.2 Å². The predicted octanol–water partition coefficient (Wildman–Crippen LogP) is 4.32. The zero-order chi connectivity index (χ0) is 22.7. The molecule has 1 heterocycles. The average molecular weight is 517 g/mol. The molecule has 9 heteroatoms. The maximum absolute atomic E-state index is 13.4. The molecular weight excluding hydrogens is 496 g/mol. The van der Waals surface area contributed by atoms with Crippen molar-refractivity contribution in [3.63, 3.8) is 0 Å². The Morgan fingerprint density at radius 2 is 1.69 bits per heavy atom. The van der Waals surface area contributed by atoms with Gasteiger partial charge < -0.3 is 14.8 Å². The molecule has 0 atom stereocenters. The van der Waals surface area contributed by atoms with Crippen LogP contribution in [0.1, 0.15) is 11.1 Å². The van der Waals surface area contributed by atoms with Gasteiger partial charge in [0.1, 0.15) is 0 Å². The van der Waals surface area contributed by atoms with E-state index in [1.807, 2.05) is 31.2 Å². The SMILES string of the molecule is Cc1ccc(S(=O)(=O)N(CC(=O)Nc2ccc3c(c2)OCO3)Cc2ccc(Br)cc2)cc1. The molecule has 7 nitrogen and oxygen atoms in total. The Labute approximate surface area is 195 Å². The van der Waals surface area contributed by atoms with E-state index in [-0.39, 0.29) is 24.8 Å². The summed E-state index contributed by atoms with van der Waals surface area (Å²) in [4.78, 5) is 12.9. The zero-order valence-electron chi connectivity index (χ0n) is 17.2. The number of rotatable bonds is 7. The van der Waals surface area contributed by atoms with E-state index >= 15 is 0 Å². The second-order valence-electron chi connectivity index (χ2n) is 7.33. The average Bonchev–Trinajstić information content (AvgIpc) is 3.23. The first-order chi connectivity index (χ1) is 15.3. The van der Waals surface area contributed by atoms with E-state index in [2.05, 4.69) is 21.2 Å². The summed E-state index contributed by atoms with van der Waals surface area (Å²) < 4.78 is 39.4. The van der Waals surface area contributed by atoms with E-state index in [0.29, 0.717) is 17.2 Å². The lowest BCUT2D eigenvalue weighted by atomic mass is 10.2. The van der Waals surface area contributed by atoms with Gasteiger partial charge in [-0.15, -0.1) is 0 Å². The Hall–Kier alpha value is -2.88. The molecule has 0 aromatic heterocycles. The smallest absolute Gasteiger partial charge is 0.243 e. The van der Waals surface area contributed by atoms with E-state index in [1.54, 1.807) is 42.5 Å². The summed E-state index contributed by atoms with van der Waals surface area (Å²) in [5.41, 5.74) is 2.21. The summed E-state index contributed by atoms with van der Waals surface area (Å²) >= 11 is 3.38. The first kappa shape index (κ1) is 22.3. The highest BCUT2D eigenvalue weighted by Gasteiger charge is 2.27. The van der Waals surface area contributed by atoms with Gasteiger partial charge in [-0.05, 0) is 48.9 Å². The molecule has 32 heavy (non-hydrogen) atoms. The van der Waals surface area contributed by atoms with Crippen molar-refractivity contribution in [3.8, 4) is 11.5 Å². The van der Waals surface area contributed by atoms with Crippen LogP contribution in [0.5, 0.6) is 11.5 Å². The number of carbonyl (C=O) groups is 1. The molecule has 1 aliphatic heterocycles. The highest BCUT2D eigenvalue weighted by molar-refractivity contribution is 9.10. The number of nitrogens with zero attached hydrogens (tertiary/aromatic N) is 1. The van der Waals surface area contributed by atoms with Crippen molar-refractivity contribution in [2.24, 2.45) is 0 Å². The lowest BCUT2D eigenvalue weighted by Crippen LogP contribution is -2.37. The van der Waals surface area contributed by atoms with Crippen molar-refractivity contribution in [2.75, 3.05) is 18.7 Å². The molecule has 3 aromatic rings.